The Bertz CT molecular complexity index is 629. The number of hydrogen-bond donors (Lipinski definition) is 2. The average molecular weight is 367 g/mol. The number of nitrogens with zero attached hydrogens (tertiary/aromatic N) is 1. The predicted molar refractivity (Wildman–Crippen MR) is 80.9 cm³/mol. The maximum absolute atomic E-state index is 12.4. The van der Waals surface area contributed by atoms with E-state index >= 15 is 0 Å². The largest absolute Gasteiger partial charge is 0.468 e. The second kappa shape index (κ2) is 7.66. The molecule has 1 atom stereocenters. The molecule has 2 rings (SSSR count). The van der Waals surface area contributed by atoms with E-state index in [2.05, 4.69) is 14.4 Å². The molecule has 0 bridgehead atoms. The molecule has 1 heterocycles. The van der Waals surface area contributed by atoms with Crippen molar-refractivity contribution in [1.29, 1.82) is 0 Å². The Labute approximate surface area is 138 Å². The summed E-state index contributed by atoms with van der Waals surface area (Å²) in [5.41, 5.74) is 5.67. The first-order valence-corrected chi connectivity index (χ1v) is 9.07. The van der Waals surface area contributed by atoms with E-state index in [1.165, 1.54) is 0 Å². The summed E-state index contributed by atoms with van der Waals surface area (Å²) in [6.45, 7) is -1.30. The second-order valence-electron chi connectivity index (χ2n) is 5.74. The van der Waals surface area contributed by atoms with Crippen molar-refractivity contribution in [2.75, 3.05) is 13.2 Å². The normalized spacial score (nSPS) is 17.8. The van der Waals surface area contributed by atoms with Crippen molar-refractivity contribution < 1.29 is 26.3 Å². The molecule has 0 saturated heterocycles. The van der Waals surface area contributed by atoms with Crippen LogP contribution in [0.2, 0.25) is 0 Å². The molecule has 1 aliphatic rings. The van der Waals surface area contributed by atoms with Crippen LogP contribution in [0.25, 0.3) is 0 Å². The van der Waals surface area contributed by atoms with Crippen LogP contribution in [-0.2, 0) is 10.0 Å². The highest BCUT2D eigenvalue weighted by Crippen LogP contribution is 2.28. The predicted octanol–water partition coefficient (Wildman–Crippen LogP) is 1.82. The van der Waals surface area contributed by atoms with E-state index in [0.29, 0.717) is 0 Å². The van der Waals surface area contributed by atoms with Gasteiger partial charge < -0.3 is 10.5 Å². The van der Waals surface area contributed by atoms with Gasteiger partial charge in [0.15, 0.2) is 6.61 Å². The van der Waals surface area contributed by atoms with Crippen molar-refractivity contribution in [2.24, 2.45) is 11.7 Å². The van der Waals surface area contributed by atoms with Crippen molar-refractivity contribution in [3.8, 4) is 5.88 Å². The van der Waals surface area contributed by atoms with E-state index in [-0.39, 0.29) is 29.3 Å². The smallest absolute Gasteiger partial charge is 0.422 e. The Kier molecular flexibility index (Phi) is 6.05. The first kappa shape index (κ1) is 18.9. The van der Waals surface area contributed by atoms with Gasteiger partial charge in [-0.3, -0.25) is 0 Å². The molecule has 0 amide bonds. The number of rotatable bonds is 7. The summed E-state index contributed by atoms with van der Waals surface area (Å²) in [4.78, 5) is 3.47. The molecule has 0 aromatic carbocycles. The van der Waals surface area contributed by atoms with E-state index in [9.17, 15) is 21.6 Å². The number of halogens is 3. The molecule has 136 valence electrons. The van der Waals surface area contributed by atoms with E-state index in [1.807, 2.05) is 0 Å². The van der Waals surface area contributed by atoms with Gasteiger partial charge in [-0.25, -0.2) is 18.1 Å². The third-order valence-electron chi connectivity index (χ3n) is 3.93. The number of pyridine rings is 1. The standard InChI is InChI=1S/C14H20F3N3O3S/c15-14(16,17)9-23-13-6-5-11(8-19-13)24(21,22)20-12(7-18)10-3-1-2-4-10/h5-6,8,10,12,20H,1-4,7,9,18H2. The van der Waals surface area contributed by atoms with Crippen LogP contribution in [0, 0.1) is 5.92 Å². The van der Waals surface area contributed by atoms with Gasteiger partial charge in [-0.05, 0) is 24.8 Å². The SMILES string of the molecule is NCC(NS(=O)(=O)c1ccc(OCC(F)(F)F)nc1)C1CCCC1. The van der Waals surface area contributed by atoms with Crippen molar-refractivity contribution in [3.05, 3.63) is 18.3 Å². The summed E-state index contributed by atoms with van der Waals surface area (Å²) in [6, 6.07) is 1.88. The highest BCUT2D eigenvalue weighted by Gasteiger charge is 2.30. The minimum Gasteiger partial charge on any atom is -0.468 e. The Hall–Kier alpha value is -1.39. The molecule has 6 nitrogen and oxygen atoms in total. The molecular weight excluding hydrogens is 347 g/mol. The molecule has 24 heavy (non-hydrogen) atoms. The van der Waals surface area contributed by atoms with Crippen molar-refractivity contribution in [3.63, 3.8) is 0 Å². The van der Waals surface area contributed by atoms with Crippen LogP contribution in [0.1, 0.15) is 25.7 Å². The van der Waals surface area contributed by atoms with Crippen LogP contribution < -0.4 is 15.2 Å². The van der Waals surface area contributed by atoms with E-state index in [0.717, 1.165) is 44.0 Å². The Morgan fingerprint density at radius 3 is 2.50 bits per heavy atom. The monoisotopic (exact) mass is 367 g/mol. The lowest BCUT2D eigenvalue weighted by Gasteiger charge is -2.22. The first-order chi connectivity index (χ1) is 11.2. The van der Waals surface area contributed by atoms with Crippen LogP contribution >= 0.6 is 0 Å². The summed E-state index contributed by atoms with van der Waals surface area (Å²) < 4.78 is 67.9. The Morgan fingerprint density at radius 1 is 1.33 bits per heavy atom. The summed E-state index contributed by atoms with van der Waals surface area (Å²) in [7, 11) is -3.84. The number of hydrogen-bond acceptors (Lipinski definition) is 5. The molecule has 1 unspecified atom stereocenters. The summed E-state index contributed by atoms with van der Waals surface area (Å²) in [5, 5.41) is 0. The van der Waals surface area contributed by atoms with E-state index in [4.69, 9.17) is 5.73 Å². The Balaban J connectivity index is 2.03. The highest BCUT2D eigenvalue weighted by molar-refractivity contribution is 7.89. The van der Waals surface area contributed by atoms with Crippen LogP contribution in [0.4, 0.5) is 13.2 Å². The fourth-order valence-corrected chi connectivity index (χ4v) is 3.99. The van der Waals surface area contributed by atoms with Gasteiger partial charge in [-0.1, -0.05) is 12.8 Å². The fourth-order valence-electron chi connectivity index (χ4n) is 2.73. The molecule has 0 aliphatic heterocycles. The van der Waals surface area contributed by atoms with Crippen LogP contribution in [0.5, 0.6) is 5.88 Å². The number of ether oxygens (including phenoxy) is 1. The lowest BCUT2D eigenvalue weighted by molar-refractivity contribution is -0.154. The molecule has 1 aromatic heterocycles. The molecule has 10 heteroatoms. The van der Waals surface area contributed by atoms with Crippen molar-refractivity contribution >= 4 is 10.0 Å². The molecule has 0 radical (unpaired) electrons. The molecule has 1 fully saturated rings. The first-order valence-electron chi connectivity index (χ1n) is 7.59. The van der Waals surface area contributed by atoms with E-state index in [1.54, 1.807) is 0 Å². The molecular formula is C14H20F3N3O3S. The summed E-state index contributed by atoms with van der Waals surface area (Å²) >= 11 is 0. The lowest BCUT2D eigenvalue weighted by atomic mass is 9.99. The van der Waals surface area contributed by atoms with Gasteiger partial charge in [0.1, 0.15) is 4.90 Å². The zero-order valence-electron chi connectivity index (χ0n) is 12.9. The molecule has 0 spiro atoms. The van der Waals surface area contributed by atoms with Gasteiger partial charge in [0.25, 0.3) is 0 Å². The van der Waals surface area contributed by atoms with Crippen LogP contribution in [0.15, 0.2) is 23.2 Å². The quantitative estimate of drug-likeness (QED) is 0.767. The lowest BCUT2D eigenvalue weighted by Crippen LogP contribution is -2.44. The highest BCUT2D eigenvalue weighted by atomic mass is 32.2. The summed E-state index contributed by atoms with van der Waals surface area (Å²) in [5.74, 6) is -0.0930. The van der Waals surface area contributed by atoms with Crippen molar-refractivity contribution in [1.82, 2.24) is 9.71 Å². The second-order valence-corrected chi connectivity index (χ2v) is 7.46. The minimum absolute atomic E-state index is 0.140. The third kappa shape index (κ3) is 5.32. The van der Waals surface area contributed by atoms with Crippen LogP contribution in [0.3, 0.4) is 0 Å². The molecule has 1 aromatic rings. The minimum atomic E-state index is -4.48. The molecule has 1 saturated carbocycles. The topological polar surface area (TPSA) is 94.3 Å². The van der Waals surface area contributed by atoms with Gasteiger partial charge in [-0.2, -0.15) is 13.2 Å². The van der Waals surface area contributed by atoms with Gasteiger partial charge >= 0.3 is 6.18 Å². The molecule has 3 N–H and O–H groups in total. The van der Waals surface area contributed by atoms with Crippen LogP contribution in [-0.4, -0.2) is 38.8 Å². The third-order valence-corrected chi connectivity index (χ3v) is 5.41. The number of alkyl halides is 3. The summed E-state index contributed by atoms with van der Waals surface area (Å²) in [6.07, 6.45) is 0.435. The number of aromatic nitrogens is 1. The number of nitrogens with one attached hydrogen (secondary N) is 1. The zero-order chi connectivity index (χ0) is 17.8. The molecule has 1 aliphatic carbocycles. The number of sulfonamides is 1. The maximum atomic E-state index is 12.4. The van der Waals surface area contributed by atoms with Gasteiger partial charge in [-0.15, -0.1) is 0 Å². The van der Waals surface area contributed by atoms with Gasteiger partial charge in [0.05, 0.1) is 6.20 Å². The van der Waals surface area contributed by atoms with Gasteiger partial charge in [0.2, 0.25) is 15.9 Å². The van der Waals surface area contributed by atoms with Crippen molar-refractivity contribution in [2.45, 2.75) is 42.8 Å². The maximum Gasteiger partial charge on any atom is 0.422 e. The van der Waals surface area contributed by atoms with E-state index < -0.39 is 22.8 Å². The zero-order valence-corrected chi connectivity index (χ0v) is 13.7. The average Bonchev–Trinajstić information content (AvgIpc) is 3.04. The van der Waals surface area contributed by atoms with Gasteiger partial charge in [0, 0.05) is 18.7 Å². The Morgan fingerprint density at radius 2 is 2.00 bits per heavy atom. The fraction of sp³-hybridized carbons (Fsp3) is 0.643. The number of nitrogens with two attached hydrogens (primary N) is 1.